The van der Waals surface area contributed by atoms with E-state index >= 15 is 0 Å². The lowest BCUT2D eigenvalue weighted by Gasteiger charge is -2.18. The predicted octanol–water partition coefficient (Wildman–Crippen LogP) is 23.2. The van der Waals surface area contributed by atoms with Gasteiger partial charge in [0.05, 0.1) is 0 Å². The Morgan fingerprint density at radius 1 is 0.263 bits per heavy atom. The molecule has 0 aliphatic heterocycles. The highest BCUT2D eigenvalue weighted by atomic mass is 16.6. The van der Waals surface area contributed by atoms with Gasteiger partial charge < -0.3 is 14.2 Å². The van der Waals surface area contributed by atoms with Crippen LogP contribution in [0.2, 0.25) is 0 Å². The number of esters is 3. The number of unbranched alkanes of at least 4 members (excludes halogenated alkanes) is 46. The van der Waals surface area contributed by atoms with E-state index in [1.54, 1.807) is 0 Å². The molecule has 0 N–H and O–H groups in total. The summed E-state index contributed by atoms with van der Waals surface area (Å²) in [5, 5.41) is 0. The minimum absolute atomic E-state index is 0.0664. The highest BCUT2D eigenvalue weighted by molar-refractivity contribution is 5.71. The topological polar surface area (TPSA) is 78.9 Å². The van der Waals surface area contributed by atoms with Gasteiger partial charge in [-0.25, -0.2) is 0 Å². The fourth-order valence-electron chi connectivity index (χ4n) is 10.3. The van der Waals surface area contributed by atoms with E-state index in [4.69, 9.17) is 14.2 Å². The molecule has 0 aromatic rings. The third-order valence-corrected chi connectivity index (χ3v) is 15.4. The molecule has 76 heavy (non-hydrogen) atoms. The zero-order chi connectivity index (χ0) is 55.0. The number of carbonyl (C=O) groups excluding carboxylic acids is 3. The maximum absolute atomic E-state index is 12.9. The molecule has 6 heteroatoms. The van der Waals surface area contributed by atoms with Crippen LogP contribution in [0, 0.1) is 0 Å². The average molecular weight is 1070 g/mol. The van der Waals surface area contributed by atoms with Crippen molar-refractivity contribution in [2.24, 2.45) is 0 Å². The van der Waals surface area contributed by atoms with Gasteiger partial charge in [-0.3, -0.25) is 14.4 Å². The normalized spacial score (nSPS) is 12.2. The Kier molecular flexibility index (Phi) is 63.1. The van der Waals surface area contributed by atoms with Crippen molar-refractivity contribution < 1.29 is 28.6 Å². The first-order valence-electron chi connectivity index (χ1n) is 34.0. The maximum Gasteiger partial charge on any atom is 0.306 e. The highest BCUT2D eigenvalue weighted by Crippen LogP contribution is 2.18. The van der Waals surface area contributed by atoms with Crippen LogP contribution in [-0.4, -0.2) is 37.2 Å². The van der Waals surface area contributed by atoms with Crippen molar-refractivity contribution >= 4 is 17.9 Å². The molecule has 0 heterocycles. The van der Waals surface area contributed by atoms with Gasteiger partial charge in [-0.2, -0.15) is 0 Å². The number of hydrogen-bond donors (Lipinski definition) is 0. The lowest BCUT2D eigenvalue weighted by molar-refractivity contribution is -0.167. The van der Waals surface area contributed by atoms with E-state index < -0.39 is 6.10 Å². The lowest BCUT2D eigenvalue weighted by atomic mass is 10.0. The Morgan fingerprint density at radius 3 is 0.737 bits per heavy atom. The molecule has 0 saturated carbocycles. The predicted molar refractivity (Wildman–Crippen MR) is 330 cm³/mol. The molecule has 1 atom stereocenters. The van der Waals surface area contributed by atoms with Crippen LogP contribution in [-0.2, 0) is 28.6 Å². The van der Waals surface area contributed by atoms with Crippen LogP contribution in [0.1, 0.15) is 374 Å². The van der Waals surface area contributed by atoms with Gasteiger partial charge in [0, 0.05) is 19.3 Å². The maximum atomic E-state index is 12.9. The number of allylic oxidation sites excluding steroid dienone is 6. The number of carbonyl (C=O) groups is 3. The van der Waals surface area contributed by atoms with Crippen molar-refractivity contribution in [2.75, 3.05) is 13.2 Å². The summed E-state index contributed by atoms with van der Waals surface area (Å²) in [7, 11) is 0. The summed E-state index contributed by atoms with van der Waals surface area (Å²) in [6, 6.07) is 0. The molecule has 0 bridgehead atoms. The monoisotopic (exact) mass is 1070 g/mol. The van der Waals surface area contributed by atoms with E-state index in [0.29, 0.717) is 19.3 Å². The minimum atomic E-state index is -0.769. The van der Waals surface area contributed by atoms with Gasteiger partial charge >= 0.3 is 17.9 Å². The van der Waals surface area contributed by atoms with Gasteiger partial charge in [0.1, 0.15) is 13.2 Å². The molecule has 0 aliphatic rings. The van der Waals surface area contributed by atoms with Crippen LogP contribution in [0.4, 0.5) is 0 Å². The zero-order valence-corrected chi connectivity index (χ0v) is 51.3. The Bertz CT molecular complexity index is 1270. The van der Waals surface area contributed by atoms with E-state index in [-0.39, 0.29) is 31.1 Å². The number of rotatable bonds is 63. The first-order valence-corrected chi connectivity index (χ1v) is 34.0. The van der Waals surface area contributed by atoms with Crippen molar-refractivity contribution in [1.82, 2.24) is 0 Å². The standard InChI is InChI=1S/C70H130O6/c1-4-7-10-13-16-19-22-24-26-28-30-32-33-34-35-36-37-38-40-41-43-45-48-51-54-57-60-63-69(72)75-66-67(65-74-68(71)62-59-56-53-50-47-21-18-15-12-9-6-3)76-70(73)64-61-58-55-52-49-46-44-42-39-31-29-27-25-23-20-17-14-11-8-5-2/h22,24,28,30,33-34,67H,4-21,23,25-27,29,31-32,35-66H2,1-3H3/b24-22-,30-28-,34-33-. The molecule has 0 radical (unpaired) electrons. The first kappa shape index (κ1) is 73.6. The molecule has 0 aromatic carbocycles. The van der Waals surface area contributed by atoms with E-state index in [2.05, 4.69) is 57.2 Å². The van der Waals surface area contributed by atoms with Crippen LogP contribution in [0.5, 0.6) is 0 Å². The average Bonchev–Trinajstić information content (AvgIpc) is 3.42. The van der Waals surface area contributed by atoms with Gasteiger partial charge in [-0.05, 0) is 57.8 Å². The van der Waals surface area contributed by atoms with E-state index in [0.717, 1.165) is 70.6 Å². The number of hydrogen-bond acceptors (Lipinski definition) is 6. The molecule has 0 aromatic heterocycles. The van der Waals surface area contributed by atoms with Gasteiger partial charge in [0.25, 0.3) is 0 Å². The molecular weight excluding hydrogens is 937 g/mol. The quantitative estimate of drug-likeness (QED) is 0.0261. The smallest absolute Gasteiger partial charge is 0.306 e. The molecule has 0 fully saturated rings. The van der Waals surface area contributed by atoms with E-state index in [1.807, 2.05) is 0 Å². The molecule has 0 saturated heterocycles. The molecule has 0 rings (SSSR count). The number of ether oxygens (including phenoxy) is 3. The third-order valence-electron chi connectivity index (χ3n) is 15.4. The molecule has 0 spiro atoms. The largest absolute Gasteiger partial charge is 0.462 e. The van der Waals surface area contributed by atoms with E-state index in [1.165, 1.54) is 263 Å². The Balaban J connectivity index is 4.19. The second kappa shape index (κ2) is 65.2. The fraction of sp³-hybridized carbons (Fsp3) is 0.871. The zero-order valence-electron chi connectivity index (χ0n) is 51.3. The summed E-state index contributed by atoms with van der Waals surface area (Å²) in [4.78, 5) is 38.3. The third kappa shape index (κ3) is 62.5. The summed E-state index contributed by atoms with van der Waals surface area (Å²) < 4.78 is 17.0. The Labute approximate surface area is 474 Å². The Morgan fingerprint density at radius 2 is 0.474 bits per heavy atom. The fourth-order valence-corrected chi connectivity index (χ4v) is 10.3. The summed E-state index contributed by atoms with van der Waals surface area (Å²) >= 11 is 0. The summed E-state index contributed by atoms with van der Waals surface area (Å²) in [6.45, 7) is 6.69. The van der Waals surface area contributed by atoms with Crippen LogP contribution < -0.4 is 0 Å². The second-order valence-electron chi connectivity index (χ2n) is 23.1. The van der Waals surface area contributed by atoms with Crippen LogP contribution in [0.15, 0.2) is 36.5 Å². The van der Waals surface area contributed by atoms with Gasteiger partial charge in [-0.15, -0.1) is 0 Å². The van der Waals surface area contributed by atoms with Crippen molar-refractivity contribution in [3.05, 3.63) is 36.5 Å². The molecule has 1 unspecified atom stereocenters. The Hall–Kier alpha value is -2.37. The van der Waals surface area contributed by atoms with Gasteiger partial charge in [0.15, 0.2) is 6.10 Å². The van der Waals surface area contributed by atoms with Crippen molar-refractivity contribution in [3.63, 3.8) is 0 Å². The molecule has 0 amide bonds. The van der Waals surface area contributed by atoms with E-state index in [9.17, 15) is 14.4 Å². The van der Waals surface area contributed by atoms with Gasteiger partial charge in [-0.1, -0.05) is 333 Å². The van der Waals surface area contributed by atoms with Crippen molar-refractivity contribution in [3.8, 4) is 0 Å². The summed E-state index contributed by atoms with van der Waals surface area (Å²) in [6.07, 6.45) is 80.2. The minimum Gasteiger partial charge on any atom is -0.462 e. The van der Waals surface area contributed by atoms with Crippen LogP contribution in [0.3, 0.4) is 0 Å². The van der Waals surface area contributed by atoms with Crippen molar-refractivity contribution in [2.45, 2.75) is 380 Å². The first-order chi connectivity index (χ1) is 37.5. The lowest BCUT2D eigenvalue weighted by Crippen LogP contribution is -2.30. The molecule has 6 nitrogen and oxygen atoms in total. The summed E-state index contributed by atoms with van der Waals surface area (Å²) in [5.74, 6) is -0.842. The molecule has 446 valence electrons. The highest BCUT2D eigenvalue weighted by Gasteiger charge is 2.19. The molecular formula is C70H130O6. The summed E-state index contributed by atoms with van der Waals surface area (Å²) in [5.41, 5.74) is 0. The van der Waals surface area contributed by atoms with Crippen LogP contribution in [0.25, 0.3) is 0 Å². The molecule has 0 aliphatic carbocycles. The second-order valence-corrected chi connectivity index (χ2v) is 23.1. The SMILES string of the molecule is CCCCCCC/C=C\C/C=C\C/C=C\CCCCCCCCCCCCCCC(=O)OCC(COC(=O)CCCCCCCCCCCCC)OC(=O)CCCCCCCCCCCCCCCCCCCCCC. The van der Waals surface area contributed by atoms with Gasteiger partial charge in [0.2, 0.25) is 0 Å². The van der Waals surface area contributed by atoms with Crippen molar-refractivity contribution in [1.29, 1.82) is 0 Å². The van der Waals surface area contributed by atoms with Crippen LogP contribution >= 0.6 is 0 Å².